The van der Waals surface area contributed by atoms with Gasteiger partial charge in [0.15, 0.2) is 5.82 Å². The second kappa shape index (κ2) is 2.70. The molecule has 3 nitrogen and oxygen atoms in total. The maximum atomic E-state index is 13.3. The zero-order valence-electron chi connectivity index (χ0n) is 6.88. The van der Waals surface area contributed by atoms with E-state index in [1.54, 1.807) is 17.8 Å². The van der Waals surface area contributed by atoms with Crippen LogP contribution in [0, 0.1) is 5.82 Å². The number of nitrogen functional groups attached to an aromatic ring is 1. The number of nitrogens with zero attached hydrogens (tertiary/aromatic N) is 2. The minimum atomic E-state index is -0.344. The average molecular weight is 244 g/mol. The Kier molecular flexibility index (Phi) is 1.76. The first-order chi connectivity index (χ1) is 6.11. The molecule has 0 saturated carbocycles. The number of nitrogens with two attached hydrogens (primary N) is 1. The van der Waals surface area contributed by atoms with Crippen molar-refractivity contribution in [3.8, 4) is 0 Å². The molecule has 2 N–H and O–H groups in total. The Bertz CT molecular complexity index is 436. The predicted octanol–water partition coefficient (Wildman–Crippen LogP) is 2.06. The highest BCUT2D eigenvalue weighted by Gasteiger charge is 2.12. The molecule has 13 heavy (non-hydrogen) atoms. The first-order valence-electron chi connectivity index (χ1n) is 3.67. The summed E-state index contributed by atoms with van der Waals surface area (Å²) in [6, 6.07) is 3.00. The van der Waals surface area contributed by atoms with Crippen molar-refractivity contribution in [1.82, 2.24) is 9.78 Å². The summed E-state index contributed by atoms with van der Waals surface area (Å²) in [5, 5.41) is 4.31. The van der Waals surface area contributed by atoms with Gasteiger partial charge < -0.3 is 5.73 Å². The molecular weight excluding hydrogens is 237 g/mol. The molecule has 0 saturated heterocycles. The highest BCUT2D eigenvalue weighted by molar-refractivity contribution is 9.10. The number of hydrogen-bond acceptors (Lipinski definition) is 2. The van der Waals surface area contributed by atoms with Gasteiger partial charge in [0.2, 0.25) is 0 Å². The van der Waals surface area contributed by atoms with Crippen LogP contribution in [0.4, 0.5) is 10.2 Å². The fourth-order valence-corrected chi connectivity index (χ4v) is 1.95. The molecule has 0 aliphatic heterocycles. The summed E-state index contributed by atoms with van der Waals surface area (Å²) in [7, 11) is 1.73. The Morgan fingerprint density at radius 1 is 1.54 bits per heavy atom. The predicted molar refractivity (Wildman–Crippen MR) is 52.8 cm³/mol. The van der Waals surface area contributed by atoms with Crippen molar-refractivity contribution in [2.75, 3.05) is 5.73 Å². The van der Waals surface area contributed by atoms with Gasteiger partial charge in [-0.1, -0.05) is 0 Å². The van der Waals surface area contributed by atoms with Crippen molar-refractivity contribution in [3.63, 3.8) is 0 Å². The van der Waals surface area contributed by atoms with Crippen LogP contribution in [0.25, 0.3) is 10.9 Å². The number of rotatable bonds is 0. The van der Waals surface area contributed by atoms with Crippen molar-refractivity contribution in [2.45, 2.75) is 0 Å². The van der Waals surface area contributed by atoms with Crippen LogP contribution in [0.1, 0.15) is 0 Å². The summed E-state index contributed by atoms with van der Waals surface area (Å²) in [5.41, 5.74) is 6.23. The fraction of sp³-hybridized carbons (Fsp3) is 0.125. The van der Waals surface area contributed by atoms with Gasteiger partial charge in [0.25, 0.3) is 0 Å². The lowest BCUT2D eigenvalue weighted by Crippen LogP contribution is -1.91. The first kappa shape index (κ1) is 8.50. The van der Waals surface area contributed by atoms with E-state index in [-0.39, 0.29) is 11.6 Å². The molecule has 1 aromatic heterocycles. The van der Waals surface area contributed by atoms with Gasteiger partial charge in [-0.2, -0.15) is 5.10 Å². The van der Waals surface area contributed by atoms with Crippen LogP contribution >= 0.6 is 15.9 Å². The van der Waals surface area contributed by atoms with E-state index in [0.29, 0.717) is 10.9 Å². The van der Waals surface area contributed by atoms with Gasteiger partial charge in [0.05, 0.1) is 10.9 Å². The second-order valence-corrected chi connectivity index (χ2v) is 3.62. The number of benzene rings is 1. The fourth-order valence-electron chi connectivity index (χ4n) is 1.36. The topological polar surface area (TPSA) is 43.8 Å². The molecule has 0 atom stereocenters. The third kappa shape index (κ3) is 1.11. The molecule has 0 bridgehead atoms. The Morgan fingerprint density at radius 2 is 2.23 bits per heavy atom. The van der Waals surface area contributed by atoms with Crippen molar-refractivity contribution >= 4 is 32.7 Å². The molecule has 0 unspecified atom stereocenters. The summed E-state index contributed by atoms with van der Waals surface area (Å²) in [4.78, 5) is 0. The van der Waals surface area contributed by atoms with Crippen LogP contribution in [-0.2, 0) is 7.05 Å². The van der Waals surface area contributed by atoms with Crippen LogP contribution < -0.4 is 5.73 Å². The zero-order chi connectivity index (χ0) is 9.59. The SMILES string of the molecule is Cn1nc(N)c2c(F)ccc(Br)c21. The lowest BCUT2D eigenvalue weighted by atomic mass is 10.2. The number of halogens is 2. The molecule has 0 spiro atoms. The molecule has 2 aromatic rings. The van der Waals surface area contributed by atoms with Crippen molar-refractivity contribution in [2.24, 2.45) is 7.05 Å². The van der Waals surface area contributed by atoms with Crippen LogP contribution in [0.2, 0.25) is 0 Å². The second-order valence-electron chi connectivity index (χ2n) is 2.76. The number of hydrogen-bond donors (Lipinski definition) is 1. The van der Waals surface area contributed by atoms with Crippen LogP contribution in [0.15, 0.2) is 16.6 Å². The van der Waals surface area contributed by atoms with Crippen LogP contribution in [-0.4, -0.2) is 9.78 Å². The Hall–Kier alpha value is -1.10. The number of aryl methyl sites for hydroxylation is 1. The number of aromatic nitrogens is 2. The van der Waals surface area contributed by atoms with E-state index in [9.17, 15) is 4.39 Å². The maximum Gasteiger partial charge on any atom is 0.156 e. The third-order valence-electron chi connectivity index (χ3n) is 1.92. The molecule has 0 fully saturated rings. The lowest BCUT2D eigenvalue weighted by Gasteiger charge is -1.97. The Morgan fingerprint density at radius 3 is 2.85 bits per heavy atom. The van der Waals surface area contributed by atoms with Gasteiger partial charge in [-0.3, -0.25) is 4.68 Å². The van der Waals surface area contributed by atoms with Crippen LogP contribution in [0.3, 0.4) is 0 Å². The Labute approximate surface area is 82.5 Å². The summed E-state index contributed by atoms with van der Waals surface area (Å²) in [6.07, 6.45) is 0. The van der Waals surface area contributed by atoms with Crippen molar-refractivity contribution in [3.05, 3.63) is 22.4 Å². The quantitative estimate of drug-likeness (QED) is 0.770. The van der Waals surface area contributed by atoms with Crippen LogP contribution in [0.5, 0.6) is 0 Å². The van der Waals surface area contributed by atoms with E-state index in [1.165, 1.54) is 6.07 Å². The monoisotopic (exact) mass is 243 g/mol. The molecular formula is C8H7BrFN3. The van der Waals surface area contributed by atoms with Gasteiger partial charge >= 0.3 is 0 Å². The van der Waals surface area contributed by atoms with E-state index < -0.39 is 0 Å². The normalized spacial score (nSPS) is 11.0. The minimum Gasteiger partial charge on any atom is -0.382 e. The van der Waals surface area contributed by atoms with E-state index in [1.807, 2.05) is 0 Å². The molecule has 0 radical (unpaired) electrons. The van der Waals surface area contributed by atoms with E-state index >= 15 is 0 Å². The van der Waals surface area contributed by atoms with Gasteiger partial charge in [0, 0.05) is 11.5 Å². The smallest absolute Gasteiger partial charge is 0.156 e. The van der Waals surface area contributed by atoms with E-state index in [4.69, 9.17) is 5.73 Å². The van der Waals surface area contributed by atoms with E-state index in [2.05, 4.69) is 21.0 Å². The molecule has 2 rings (SSSR count). The standard InChI is InChI=1S/C8H7BrFN3/c1-13-7-4(9)2-3-5(10)6(7)8(11)12-13/h2-3H,1H3,(H2,11,12). The maximum absolute atomic E-state index is 13.3. The molecule has 0 aliphatic rings. The largest absolute Gasteiger partial charge is 0.382 e. The summed E-state index contributed by atoms with van der Waals surface area (Å²) >= 11 is 3.31. The summed E-state index contributed by atoms with van der Waals surface area (Å²) in [6.45, 7) is 0. The third-order valence-corrected chi connectivity index (χ3v) is 2.56. The minimum absolute atomic E-state index is 0.219. The number of fused-ring (bicyclic) bond motifs is 1. The highest BCUT2D eigenvalue weighted by atomic mass is 79.9. The summed E-state index contributed by atoms with van der Waals surface area (Å²) in [5.74, 6) is -0.125. The molecule has 1 aromatic carbocycles. The van der Waals surface area contributed by atoms with Gasteiger partial charge in [-0.05, 0) is 28.1 Å². The summed E-state index contributed by atoms with van der Waals surface area (Å²) < 4.78 is 15.6. The zero-order valence-corrected chi connectivity index (χ0v) is 8.47. The molecule has 0 aliphatic carbocycles. The number of anilines is 1. The van der Waals surface area contributed by atoms with Gasteiger partial charge in [-0.15, -0.1) is 0 Å². The highest BCUT2D eigenvalue weighted by Crippen LogP contribution is 2.29. The lowest BCUT2D eigenvalue weighted by molar-refractivity contribution is 0.640. The van der Waals surface area contributed by atoms with Crippen molar-refractivity contribution < 1.29 is 4.39 Å². The Balaban J connectivity index is 3.03. The molecule has 0 amide bonds. The van der Waals surface area contributed by atoms with Gasteiger partial charge in [-0.25, -0.2) is 4.39 Å². The first-order valence-corrected chi connectivity index (χ1v) is 4.46. The van der Waals surface area contributed by atoms with Crippen molar-refractivity contribution in [1.29, 1.82) is 0 Å². The molecule has 1 heterocycles. The van der Waals surface area contributed by atoms with Gasteiger partial charge in [0.1, 0.15) is 5.82 Å². The van der Waals surface area contributed by atoms with E-state index in [0.717, 1.165) is 4.47 Å². The molecule has 5 heteroatoms. The molecule has 68 valence electrons. The average Bonchev–Trinajstić information content (AvgIpc) is 2.36.